The van der Waals surface area contributed by atoms with E-state index in [-0.39, 0.29) is 12.3 Å². The van der Waals surface area contributed by atoms with Crippen molar-refractivity contribution < 1.29 is 14.7 Å². The minimum Gasteiger partial charge on any atom is -0.395 e. The maximum Gasteiger partial charge on any atom is 0.269 e. The molecule has 9 nitrogen and oxygen atoms in total. The Morgan fingerprint density at radius 1 is 1.08 bits per heavy atom. The van der Waals surface area contributed by atoms with Gasteiger partial charge in [0, 0.05) is 56.7 Å². The molecule has 10 heteroatoms. The third-order valence-corrected chi connectivity index (χ3v) is 7.23. The van der Waals surface area contributed by atoms with Gasteiger partial charge in [-0.05, 0) is 53.9 Å². The third kappa shape index (κ3) is 8.85. The van der Waals surface area contributed by atoms with Crippen LogP contribution in [0.3, 0.4) is 0 Å². The lowest BCUT2D eigenvalue weighted by atomic mass is 10.1. The Kier molecular flexibility index (Phi) is 11.8. The number of aliphatic hydroxyl groups is 1. The summed E-state index contributed by atoms with van der Waals surface area (Å²) in [4.78, 5) is 30.1. The lowest BCUT2D eigenvalue weighted by molar-refractivity contribution is -0.114. The third-order valence-electron chi connectivity index (χ3n) is 6.26. The molecular formula is C29H36N6O3S. The van der Waals surface area contributed by atoms with Gasteiger partial charge in [0.2, 0.25) is 0 Å². The molecule has 0 radical (unpaired) electrons. The summed E-state index contributed by atoms with van der Waals surface area (Å²) in [5.74, 6) is -0.0292. The molecule has 206 valence electrons. The number of nitrogens with zero attached hydrogens (tertiary/aromatic N) is 3. The molecule has 0 atom stereocenters. The molecule has 1 fully saturated rings. The molecule has 39 heavy (non-hydrogen) atoms. The highest BCUT2D eigenvalue weighted by Crippen LogP contribution is 2.22. The summed E-state index contributed by atoms with van der Waals surface area (Å²) in [7, 11) is 1.71. The number of carbonyl (C=O) groups is 2. The normalized spacial score (nSPS) is 14.1. The Balaban J connectivity index is 0.000000223. The second-order valence-electron chi connectivity index (χ2n) is 8.74. The van der Waals surface area contributed by atoms with Gasteiger partial charge in [0.25, 0.3) is 5.91 Å². The number of amides is 1. The first-order valence-electron chi connectivity index (χ1n) is 12.7. The number of rotatable bonds is 11. The van der Waals surface area contributed by atoms with Crippen LogP contribution < -0.4 is 21.3 Å². The van der Waals surface area contributed by atoms with Gasteiger partial charge < -0.3 is 26.4 Å². The standard InChI is InChI=1S/C16H18N4OS.C13H18N2O2/c1-18-14(15(17)21)16(19-2)22-10-20-13-8-7-11-5-3-4-6-12(11)9-13;16-10-9-14-5-7-15(8-6-14)13-3-1-12(11-17)2-4-13/h3-9,19-20H,1,10H2,2H3,(H2,17,21);1-4,11,16H,5-10H2/b16-14-;. The number of benzene rings is 3. The quantitative estimate of drug-likeness (QED) is 0.125. The number of nitrogens with two attached hydrogens (primary N) is 1. The Morgan fingerprint density at radius 3 is 2.36 bits per heavy atom. The number of β-amino-alcohol motifs (C(OH)–C–C–N with tert-alkyl or cyclic N) is 1. The van der Waals surface area contributed by atoms with Crippen LogP contribution in [0, 0.1) is 0 Å². The monoisotopic (exact) mass is 548 g/mol. The number of aliphatic imine (C=N–C) groups is 1. The van der Waals surface area contributed by atoms with Crippen molar-refractivity contribution in [2.75, 3.05) is 62.5 Å². The average Bonchev–Trinajstić information content (AvgIpc) is 2.97. The van der Waals surface area contributed by atoms with E-state index in [1.807, 2.05) is 42.5 Å². The minimum absolute atomic E-state index is 0.146. The number of piperazine rings is 1. The van der Waals surface area contributed by atoms with Crippen LogP contribution in [0.5, 0.6) is 0 Å². The highest BCUT2D eigenvalue weighted by atomic mass is 32.2. The number of aliphatic hydroxyl groups excluding tert-OH is 1. The maximum absolute atomic E-state index is 11.3. The molecule has 4 rings (SSSR count). The largest absolute Gasteiger partial charge is 0.395 e. The molecular weight excluding hydrogens is 512 g/mol. The number of hydrogen-bond donors (Lipinski definition) is 4. The van der Waals surface area contributed by atoms with E-state index in [4.69, 9.17) is 10.8 Å². The maximum atomic E-state index is 11.3. The second kappa shape index (κ2) is 15.5. The minimum atomic E-state index is -0.599. The lowest BCUT2D eigenvalue weighted by Gasteiger charge is -2.35. The van der Waals surface area contributed by atoms with Gasteiger partial charge in [-0.2, -0.15) is 0 Å². The van der Waals surface area contributed by atoms with Crippen molar-refractivity contribution in [2.45, 2.75) is 0 Å². The molecule has 0 aliphatic carbocycles. The van der Waals surface area contributed by atoms with E-state index in [0.717, 1.165) is 44.7 Å². The van der Waals surface area contributed by atoms with Gasteiger partial charge in [0.05, 0.1) is 12.5 Å². The van der Waals surface area contributed by atoms with Crippen LogP contribution in [-0.2, 0) is 4.79 Å². The predicted octanol–water partition coefficient (Wildman–Crippen LogP) is 3.13. The summed E-state index contributed by atoms with van der Waals surface area (Å²) in [6, 6.07) is 22.0. The molecule has 1 aliphatic rings. The van der Waals surface area contributed by atoms with E-state index in [0.29, 0.717) is 16.5 Å². The van der Waals surface area contributed by atoms with Gasteiger partial charge in [0.1, 0.15) is 11.3 Å². The van der Waals surface area contributed by atoms with Gasteiger partial charge in [0.15, 0.2) is 5.70 Å². The van der Waals surface area contributed by atoms with Crippen molar-refractivity contribution in [3.63, 3.8) is 0 Å². The van der Waals surface area contributed by atoms with Crippen molar-refractivity contribution in [2.24, 2.45) is 10.7 Å². The molecule has 0 aromatic heterocycles. The van der Waals surface area contributed by atoms with Crippen LogP contribution in [0.15, 0.2) is 82.4 Å². The molecule has 0 bridgehead atoms. The summed E-state index contributed by atoms with van der Waals surface area (Å²) in [5, 5.41) is 18.0. The topological polar surface area (TPSA) is 123 Å². The molecule has 5 N–H and O–H groups in total. The Hall–Kier alpha value is -3.86. The number of nitrogens with one attached hydrogen (secondary N) is 2. The van der Waals surface area contributed by atoms with Gasteiger partial charge in [-0.25, -0.2) is 0 Å². The van der Waals surface area contributed by atoms with Crippen molar-refractivity contribution in [1.29, 1.82) is 0 Å². The number of primary amides is 1. The molecule has 1 saturated heterocycles. The van der Waals surface area contributed by atoms with Crippen LogP contribution in [0.2, 0.25) is 0 Å². The first kappa shape index (κ1) is 29.7. The van der Waals surface area contributed by atoms with E-state index in [2.05, 4.69) is 56.4 Å². The van der Waals surface area contributed by atoms with Crippen LogP contribution in [-0.4, -0.2) is 81.2 Å². The van der Waals surface area contributed by atoms with Crippen LogP contribution in [0.4, 0.5) is 11.4 Å². The Bertz CT molecular complexity index is 1270. The molecule has 0 spiro atoms. The lowest BCUT2D eigenvalue weighted by Crippen LogP contribution is -2.47. The highest BCUT2D eigenvalue weighted by molar-refractivity contribution is 8.03. The number of carbonyl (C=O) groups excluding carboxylic acids is 2. The van der Waals surface area contributed by atoms with Crippen molar-refractivity contribution in [3.8, 4) is 0 Å². The zero-order valence-electron chi connectivity index (χ0n) is 22.2. The average molecular weight is 549 g/mol. The predicted molar refractivity (Wildman–Crippen MR) is 162 cm³/mol. The molecule has 1 heterocycles. The summed E-state index contributed by atoms with van der Waals surface area (Å²) < 4.78 is 0. The Labute approximate surface area is 233 Å². The van der Waals surface area contributed by atoms with E-state index in [1.165, 1.54) is 28.2 Å². The Morgan fingerprint density at radius 2 is 1.77 bits per heavy atom. The van der Waals surface area contributed by atoms with E-state index < -0.39 is 5.91 Å². The molecule has 1 amide bonds. The van der Waals surface area contributed by atoms with Gasteiger partial charge >= 0.3 is 0 Å². The van der Waals surface area contributed by atoms with Crippen LogP contribution in [0.25, 0.3) is 10.8 Å². The number of anilines is 2. The summed E-state index contributed by atoms with van der Waals surface area (Å²) in [5.41, 5.74) is 8.30. The van der Waals surface area contributed by atoms with Crippen LogP contribution in [0.1, 0.15) is 10.4 Å². The van der Waals surface area contributed by atoms with E-state index in [1.54, 1.807) is 7.05 Å². The van der Waals surface area contributed by atoms with Gasteiger partial charge in [-0.1, -0.05) is 42.1 Å². The zero-order valence-corrected chi connectivity index (χ0v) is 23.0. The summed E-state index contributed by atoms with van der Waals surface area (Å²) in [6.45, 7) is 8.27. The van der Waals surface area contributed by atoms with Crippen molar-refractivity contribution >= 4 is 52.8 Å². The number of thioether (sulfide) groups is 1. The molecule has 3 aromatic carbocycles. The number of fused-ring (bicyclic) bond motifs is 1. The number of aldehydes is 1. The van der Waals surface area contributed by atoms with Crippen molar-refractivity contribution in [1.82, 2.24) is 10.2 Å². The smallest absolute Gasteiger partial charge is 0.269 e. The highest BCUT2D eigenvalue weighted by Gasteiger charge is 2.16. The summed E-state index contributed by atoms with van der Waals surface area (Å²) in [6.07, 6.45) is 0.864. The first-order valence-corrected chi connectivity index (χ1v) is 13.6. The van der Waals surface area contributed by atoms with Crippen molar-refractivity contribution in [3.05, 3.63) is 83.0 Å². The fourth-order valence-corrected chi connectivity index (χ4v) is 4.98. The van der Waals surface area contributed by atoms with E-state index in [9.17, 15) is 9.59 Å². The summed E-state index contributed by atoms with van der Waals surface area (Å²) >= 11 is 1.41. The SMILES string of the molecule is C=N/C(C(N)=O)=C(/NC)SCNc1ccc2ccccc2c1.O=Cc1ccc(N2CCN(CCO)CC2)cc1. The molecule has 0 saturated carbocycles. The fraction of sp³-hybridized carbons (Fsp3) is 0.276. The zero-order chi connectivity index (χ0) is 28.0. The number of hydrogen-bond acceptors (Lipinski definition) is 9. The van der Waals surface area contributed by atoms with E-state index >= 15 is 0 Å². The van der Waals surface area contributed by atoms with Crippen LogP contribution >= 0.6 is 11.8 Å². The van der Waals surface area contributed by atoms with Gasteiger partial charge in [-0.3, -0.25) is 19.5 Å². The molecule has 3 aromatic rings. The first-order chi connectivity index (χ1) is 19.0. The second-order valence-corrected chi connectivity index (χ2v) is 9.72. The van der Waals surface area contributed by atoms with Gasteiger partial charge in [-0.15, -0.1) is 0 Å². The molecule has 1 aliphatic heterocycles. The fourth-order valence-electron chi connectivity index (χ4n) is 4.15. The molecule has 0 unspecified atom stereocenters.